The number of carboxylic acids is 1. The monoisotopic (exact) mass is 353 g/mol. The van der Waals surface area contributed by atoms with E-state index in [2.05, 4.69) is 20.9 Å². The number of carboxylic acid groups (broad SMARTS) is 1. The van der Waals surface area contributed by atoms with Crippen molar-refractivity contribution in [3.63, 3.8) is 0 Å². The first-order valence-corrected chi connectivity index (χ1v) is 9.20. The van der Waals surface area contributed by atoms with Gasteiger partial charge in [0.05, 0.1) is 0 Å². The number of aliphatic carboxylic acids is 1. The van der Waals surface area contributed by atoms with Gasteiger partial charge < -0.3 is 5.11 Å². The smallest absolute Gasteiger partial charge is 0.325 e. The van der Waals surface area contributed by atoms with Crippen molar-refractivity contribution in [1.82, 2.24) is 14.8 Å². The van der Waals surface area contributed by atoms with Gasteiger partial charge in [-0.25, -0.2) is 0 Å². The largest absolute Gasteiger partial charge is 0.480 e. The van der Waals surface area contributed by atoms with E-state index in [0.717, 1.165) is 55.8 Å². The Morgan fingerprint density at radius 2 is 1.88 bits per heavy atom. The minimum atomic E-state index is -0.764. The molecule has 3 rings (SSSR count). The minimum absolute atomic E-state index is 0.573. The van der Waals surface area contributed by atoms with Crippen molar-refractivity contribution in [1.29, 1.82) is 0 Å². The topological polar surface area (TPSA) is 56.7 Å². The maximum Gasteiger partial charge on any atom is 0.325 e. The molecule has 0 saturated carbocycles. The highest BCUT2D eigenvalue weighted by Crippen LogP contribution is 2.26. The van der Waals surface area contributed by atoms with Gasteiger partial charge in [-0.15, -0.1) is 0 Å². The van der Waals surface area contributed by atoms with Crippen LogP contribution in [0, 0.1) is 13.8 Å². The molecule has 0 aliphatic carbocycles. The molecule has 5 nitrogen and oxygen atoms in total. The number of hydrogen-bond acceptors (Lipinski definition) is 4. The number of aryl methyl sites for hydroxylation is 2. The predicted octanol–water partition coefficient (Wildman–Crippen LogP) is 3.03. The average molecular weight is 353 g/mol. The van der Waals surface area contributed by atoms with Gasteiger partial charge in [0, 0.05) is 38.6 Å². The molecule has 1 saturated heterocycles. The molecule has 1 fully saturated rings. The molecule has 5 heteroatoms. The number of carbonyl (C=O) groups is 1. The van der Waals surface area contributed by atoms with E-state index in [1.54, 1.807) is 0 Å². The lowest BCUT2D eigenvalue weighted by Crippen LogP contribution is -2.37. The predicted molar refractivity (Wildman–Crippen MR) is 102 cm³/mol. The zero-order chi connectivity index (χ0) is 18.5. The van der Waals surface area contributed by atoms with E-state index in [0.29, 0.717) is 0 Å². The molecule has 1 aromatic carbocycles. The van der Waals surface area contributed by atoms with Crippen molar-refractivity contribution >= 4 is 5.97 Å². The summed E-state index contributed by atoms with van der Waals surface area (Å²) < 4.78 is 0. The van der Waals surface area contributed by atoms with E-state index < -0.39 is 12.0 Å². The summed E-state index contributed by atoms with van der Waals surface area (Å²) in [5, 5.41) is 9.90. The summed E-state index contributed by atoms with van der Waals surface area (Å²) in [5.41, 5.74) is 4.37. The summed E-state index contributed by atoms with van der Waals surface area (Å²) in [6.07, 6.45) is 4.61. The highest BCUT2D eigenvalue weighted by atomic mass is 16.4. The van der Waals surface area contributed by atoms with Crippen LogP contribution in [0.3, 0.4) is 0 Å². The minimum Gasteiger partial charge on any atom is -0.480 e. The quantitative estimate of drug-likeness (QED) is 0.895. The Kier molecular flexibility index (Phi) is 6.01. The second-order valence-electron chi connectivity index (χ2n) is 7.12. The summed E-state index contributed by atoms with van der Waals surface area (Å²) in [6, 6.07) is 9.56. The number of nitrogens with zero attached hydrogens (tertiary/aromatic N) is 3. The van der Waals surface area contributed by atoms with Gasteiger partial charge in [-0.1, -0.05) is 23.8 Å². The summed E-state index contributed by atoms with van der Waals surface area (Å²) in [4.78, 5) is 20.6. The number of aromatic nitrogens is 1. The van der Waals surface area contributed by atoms with Crippen LogP contribution in [0.5, 0.6) is 0 Å². The molecule has 0 spiro atoms. The van der Waals surface area contributed by atoms with Gasteiger partial charge in [0.1, 0.15) is 6.04 Å². The van der Waals surface area contributed by atoms with E-state index in [-0.39, 0.29) is 0 Å². The fourth-order valence-corrected chi connectivity index (χ4v) is 3.77. The van der Waals surface area contributed by atoms with Crippen LogP contribution < -0.4 is 0 Å². The zero-order valence-corrected chi connectivity index (χ0v) is 15.6. The summed E-state index contributed by atoms with van der Waals surface area (Å²) in [5.74, 6) is -0.764. The first-order valence-electron chi connectivity index (χ1n) is 9.20. The lowest BCUT2D eigenvalue weighted by atomic mass is 9.98. The third-order valence-electron chi connectivity index (χ3n) is 5.10. The van der Waals surface area contributed by atoms with Crippen LogP contribution in [0.1, 0.15) is 34.7 Å². The van der Waals surface area contributed by atoms with E-state index in [4.69, 9.17) is 0 Å². The Morgan fingerprint density at radius 1 is 1.12 bits per heavy atom. The molecule has 0 radical (unpaired) electrons. The molecule has 0 unspecified atom stereocenters. The Labute approximate surface area is 155 Å². The lowest BCUT2D eigenvalue weighted by Gasteiger charge is -2.29. The molecular weight excluding hydrogens is 326 g/mol. The summed E-state index contributed by atoms with van der Waals surface area (Å²) >= 11 is 0. The number of hydrogen-bond donors (Lipinski definition) is 1. The van der Waals surface area contributed by atoms with Crippen LogP contribution in [0.25, 0.3) is 0 Å². The molecule has 1 aliphatic rings. The van der Waals surface area contributed by atoms with Gasteiger partial charge in [0.15, 0.2) is 0 Å². The number of benzene rings is 1. The molecule has 1 atom stereocenters. The summed E-state index contributed by atoms with van der Waals surface area (Å²) in [7, 11) is 0. The fourth-order valence-electron chi connectivity index (χ4n) is 3.77. The van der Waals surface area contributed by atoms with Crippen molar-refractivity contribution < 1.29 is 9.90 Å². The SMILES string of the molecule is Cc1ccc([C@H](C(=O)O)N2CCCN(Cc3ccncc3)CC2)c(C)c1. The molecular formula is C21H27N3O2. The Balaban J connectivity index is 1.72. The number of rotatable bonds is 5. The fraction of sp³-hybridized carbons (Fsp3) is 0.429. The van der Waals surface area contributed by atoms with Crippen LogP contribution in [0.15, 0.2) is 42.7 Å². The third-order valence-corrected chi connectivity index (χ3v) is 5.10. The molecule has 138 valence electrons. The maximum absolute atomic E-state index is 12.1. The molecule has 0 amide bonds. The van der Waals surface area contributed by atoms with Crippen molar-refractivity contribution in [3.05, 3.63) is 65.0 Å². The Bertz CT molecular complexity index is 748. The van der Waals surface area contributed by atoms with Crippen molar-refractivity contribution in [3.8, 4) is 0 Å². The van der Waals surface area contributed by atoms with Gasteiger partial charge in [0.25, 0.3) is 0 Å². The van der Waals surface area contributed by atoms with Gasteiger partial charge in [-0.2, -0.15) is 0 Å². The van der Waals surface area contributed by atoms with Crippen LogP contribution in [0.2, 0.25) is 0 Å². The second-order valence-corrected chi connectivity index (χ2v) is 7.12. The van der Waals surface area contributed by atoms with Gasteiger partial charge in [-0.05, 0) is 55.6 Å². The van der Waals surface area contributed by atoms with E-state index in [1.165, 1.54) is 5.56 Å². The van der Waals surface area contributed by atoms with Crippen molar-refractivity contribution in [2.24, 2.45) is 0 Å². The molecule has 26 heavy (non-hydrogen) atoms. The van der Waals surface area contributed by atoms with Crippen molar-refractivity contribution in [2.75, 3.05) is 26.2 Å². The Hall–Kier alpha value is -2.24. The molecule has 2 heterocycles. The van der Waals surface area contributed by atoms with E-state index in [1.807, 2.05) is 50.5 Å². The lowest BCUT2D eigenvalue weighted by molar-refractivity contribution is -0.143. The highest BCUT2D eigenvalue weighted by Gasteiger charge is 2.30. The average Bonchev–Trinajstić information content (AvgIpc) is 2.83. The van der Waals surface area contributed by atoms with E-state index >= 15 is 0 Å². The third kappa shape index (κ3) is 4.48. The molecule has 1 aromatic heterocycles. The van der Waals surface area contributed by atoms with Gasteiger partial charge >= 0.3 is 5.97 Å². The number of pyridine rings is 1. The standard InChI is InChI=1S/C21H27N3O2/c1-16-4-5-19(17(2)14-16)20(21(25)26)24-11-3-10-23(12-13-24)15-18-6-8-22-9-7-18/h4-9,14,20H,3,10-13,15H2,1-2H3,(H,25,26)/t20-/m1/s1. The zero-order valence-electron chi connectivity index (χ0n) is 15.6. The highest BCUT2D eigenvalue weighted by molar-refractivity contribution is 5.76. The van der Waals surface area contributed by atoms with Crippen LogP contribution in [-0.2, 0) is 11.3 Å². The Morgan fingerprint density at radius 3 is 2.58 bits per heavy atom. The first kappa shape index (κ1) is 18.5. The van der Waals surface area contributed by atoms with Crippen LogP contribution >= 0.6 is 0 Å². The first-order chi connectivity index (χ1) is 12.5. The van der Waals surface area contributed by atoms with Crippen LogP contribution in [-0.4, -0.2) is 52.0 Å². The van der Waals surface area contributed by atoms with Crippen molar-refractivity contribution in [2.45, 2.75) is 32.9 Å². The van der Waals surface area contributed by atoms with E-state index in [9.17, 15) is 9.90 Å². The molecule has 1 aliphatic heterocycles. The molecule has 0 bridgehead atoms. The normalized spacial score (nSPS) is 17.6. The molecule has 2 aromatic rings. The van der Waals surface area contributed by atoms with Crippen LogP contribution in [0.4, 0.5) is 0 Å². The second kappa shape index (κ2) is 8.43. The summed E-state index contributed by atoms with van der Waals surface area (Å²) in [6.45, 7) is 8.35. The van der Waals surface area contributed by atoms with Gasteiger partial charge in [-0.3, -0.25) is 19.6 Å². The molecule has 1 N–H and O–H groups in total. The maximum atomic E-state index is 12.1. The van der Waals surface area contributed by atoms with Gasteiger partial charge in [0.2, 0.25) is 0 Å².